The lowest BCUT2D eigenvalue weighted by atomic mass is 9.54. The largest absolute Gasteiger partial charge is 0.461 e. The Hall–Kier alpha value is -1.47. The number of esters is 1. The first-order chi connectivity index (χ1) is 12.3. The number of methoxy groups -OCH3 is 1. The molecule has 6 atom stereocenters. The van der Waals surface area contributed by atoms with Crippen LogP contribution in [0.25, 0.3) is 0 Å². The van der Waals surface area contributed by atoms with Crippen LogP contribution in [0.5, 0.6) is 0 Å². The first-order valence-corrected chi connectivity index (χ1v) is 10.1. The fraction of sp³-hybridized carbons (Fsp3) is 0.737. The van der Waals surface area contributed by atoms with Crippen LogP contribution in [-0.4, -0.2) is 36.7 Å². The maximum atomic E-state index is 12.2. The van der Waals surface area contributed by atoms with E-state index < -0.39 is 0 Å². The summed E-state index contributed by atoms with van der Waals surface area (Å²) in [7, 11) is 1.50. The van der Waals surface area contributed by atoms with E-state index in [4.69, 9.17) is 14.5 Å². The van der Waals surface area contributed by atoms with E-state index in [1.165, 1.54) is 12.0 Å². The van der Waals surface area contributed by atoms with Gasteiger partial charge in [0.25, 0.3) is 5.91 Å². The SMILES string of the molecule is COCC(=O)Nc1nc2c(s1)C[C@]1(C)CC[C@@H]3[C@H](OC(=O)[C@H]3C)[C@H]1[C@@H]2C. The van der Waals surface area contributed by atoms with Crippen molar-refractivity contribution in [1.29, 1.82) is 0 Å². The molecule has 1 aromatic heterocycles. The second-order valence-electron chi connectivity index (χ2n) is 8.35. The zero-order chi connectivity index (χ0) is 18.6. The third-order valence-electron chi connectivity index (χ3n) is 6.68. The van der Waals surface area contributed by atoms with Gasteiger partial charge in [-0.1, -0.05) is 20.8 Å². The number of anilines is 1. The Kier molecular flexibility index (Phi) is 4.34. The van der Waals surface area contributed by atoms with Gasteiger partial charge in [0.1, 0.15) is 12.7 Å². The number of thiazole rings is 1. The summed E-state index contributed by atoms with van der Waals surface area (Å²) >= 11 is 1.57. The van der Waals surface area contributed by atoms with Crippen LogP contribution in [0.1, 0.15) is 50.1 Å². The van der Waals surface area contributed by atoms with Gasteiger partial charge in [-0.25, -0.2) is 4.98 Å². The van der Waals surface area contributed by atoms with E-state index in [0.29, 0.717) is 11.0 Å². The molecular formula is C19H26N2O4S. The summed E-state index contributed by atoms with van der Waals surface area (Å²) in [5.41, 5.74) is 1.17. The number of ether oxygens (including phenoxy) is 2. The quantitative estimate of drug-likeness (QED) is 0.818. The Labute approximate surface area is 157 Å². The van der Waals surface area contributed by atoms with Crippen molar-refractivity contribution in [3.63, 3.8) is 0 Å². The zero-order valence-electron chi connectivity index (χ0n) is 15.7. The predicted molar refractivity (Wildman–Crippen MR) is 98.1 cm³/mol. The second kappa shape index (κ2) is 6.30. The van der Waals surface area contributed by atoms with Crippen LogP contribution in [0.15, 0.2) is 0 Å². The Morgan fingerprint density at radius 2 is 2.19 bits per heavy atom. The normalized spacial score (nSPS) is 38.2. The molecule has 1 saturated heterocycles. The molecule has 0 bridgehead atoms. The van der Waals surface area contributed by atoms with Crippen molar-refractivity contribution in [1.82, 2.24) is 4.98 Å². The molecule has 1 aliphatic heterocycles. The van der Waals surface area contributed by atoms with Gasteiger partial charge in [-0.15, -0.1) is 11.3 Å². The average molecular weight is 378 g/mol. The highest BCUT2D eigenvalue weighted by Gasteiger charge is 2.58. The van der Waals surface area contributed by atoms with Gasteiger partial charge in [-0.2, -0.15) is 0 Å². The maximum absolute atomic E-state index is 12.2. The van der Waals surface area contributed by atoms with Gasteiger partial charge in [0, 0.05) is 29.7 Å². The summed E-state index contributed by atoms with van der Waals surface area (Å²) in [5.74, 6) is 0.578. The van der Waals surface area contributed by atoms with E-state index in [0.717, 1.165) is 25.0 Å². The van der Waals surface area contributed by atoms with Crippen LogP contribution in [0, 0.1) is 23.2 Å². The Morgan fingerprint density at radius 3 is 2.92 bits per heavy atom. The molecule has 26 heavy (non-hydrogen) atoms. The number of amides is 1. The highest BCUT2D eigenvalue weighted by Crippen LogP contribution is 2.59. The Balaban J connectivity index is 1.64. The lowest BCUT2D eigenvalue weighted by Gasteiger charge is -2.51. The van der Waals surface area contributed by atoms with E-state index in [9.17, 15) is 9.59 Å². The number of carbonyl (C=O) groups excluding carboxylic acids is 2. The van der Waals surface area contributed by atoms with E-state index in [1.54, 1.807) is 11.3 Å². The summed E-state index contributed by atoms with van der Waals surface area (Å²) in [6.45, 7) is 6.55. The lowest BCUT2D eigenvalue weighted by Crippen LogP contribution is -2.50. The van der Waals surface area contributed by atoms with Crippen LogP contribution >= 0.6 is 11.3 Å². The van der Waals surface area contributed by atoms with Gasteiger partial charge in [0.05, 0.1) is 11.6 Å². The third kappa shape index (κ3) is 2.67. The minimum Gasteiger partial charge on any atom is -0.461 e. The van der Waals surface area contributed by atoms with Gasteiger partial charge in [0.15, 0.2) is 5.13 Å². The summed E-state index contributed by atoms with van der Waals surface area (Å²) in [6, 6.07) is 0. The molecule has 6 nitrogen and oxygen atoms in total. The molecule has 1 amide bonds. The van der Waals surface area contributed by atoms with Crippen LogP contribution < -0.4 is 5.32 Å². The van der Waals surface area contributed by atoms with Gasteiger partial charge in [0.2, 0.25) is 0 Å². The molecule has 1 aromatic rings. The molecule has 1 N–H and O–H groups in total. The summed E-state index contributed by atoms with van der Waals surface area (Å²) in [5, 5.41) is 3.47. The molecule has 2 aliphatic carbocycles. The topological polar surface area (TPSA) is 77.5 Å². The first-order valence-electron chi connectivity index (χ1n) is 9.33. The van der Waals surface area contributed by atoms with Gasteiger partial charge in [-0.05, 0) is 24.7 Å². The molecule has 0 radical (unpaired) electrons. The number of aromatic nitrogens is 1. The van der Waals surface area contributed by atoms with Gasteiger partial charge in [-0.3, -0.25) is 14.9 Å². The second-order valence-corrected chi connectivity index (χ2v) is 9.43. The van der Waals surface area contributed by atoms with Crippen LogP contribution in [-0.2, 0) is 25.5 Å². The fourth-order valence-corrected chi connectivity index (χ4v) is 6.70. The van der Waals surface area contributed by atoms with Crippen molar-refractivity contribution in [3.8, 4) is 0 Å². The van der Waals surface area contributed by atoms with Crippen molar-refractivity contribution in [2.75, 3.05) is 19.0 Å². The minimum atomic E-state index is -0.187. The Morgan fingerprint density at radius 1 is 1.42 bits per heavy atom. The first kappa shape index (κ1) is 17.9. The number of rotatable bonds is 3. The smallest absolute Gasteiger partial charge is 0.309 e. The maximum Gasteiger partial charge on any atom is 0.309 e. The molecule has 7 heteroatoms. The minimum absolute atomic E-state index is 0.00234. The molecule has 3 aliphatic rings. The highest BCUT2D eigenvalue weighted by molar-refractivity contribution is 7.15. The number of fused-ring (bicyclic) bond motifs is 4. The number of hydrogen-bond acceptors (Lipinski definition) is 6. The number of hydrogen-bond donors (Lipinski definition) is 1. The fourth-order valence-electron chi connectivity index (χ4n) is 5.42. The summed E-state index contributed by atoms with van der Waals surface area (Å²) in [4.78, 5) is 29.9. The van der Waals surface area contributed by atoms with E-state index in [-0.39, 0.29) is 47.8 Å². The van der Waals surface area contributed by atoms with Gasteiger partial charge < -0.3 is 9.47 Å². The third-order valence-corrected chi connectivity index (χ3v) is 7.67. The molecule has 0 aromatic carbocycles. The highest BCUT2D eigenvalue weighted by atomic mass is 32.1. The standard InChI is InChI=1S/C19H26N2O4S/c1-9-11-5-6-19(3)7-12-15(10(2)14(19)16(11)25-17(9)23)21-18(26-12)20-13(22)8-24-4/h9-11,14,16H,5-8H2,1-4H3,(H,20,21,22)/t9-,10-,11-,14+,16-,19-/m0/s1. The molecule has 0 spiro atoms. The van der Waals surface area contributed by atoms with Crippen molar-refractivity contribution in [3.05, 3.63) is 10.6 Å². The van der Waals surface area contributed by atoms with E-state index in [1.807, 2.05) is 6.92 Å². The van der Waals surface area contributed by atoms with Crippen molar-refractivity contribution in [2.45, 2.75) is 52.1 Å². The monoisotopic (exact) mass is 378 g/mol. The summed E-state index contributed by atoms with van der Waals surface area (Å²) < 4.78 is 10.7. The zero-order valence-corrected chi connectivity index (χ0v) is 16.5. The molecule has 142 valence electrons. The number of nitrogens with zero attached hydrogens (tertiary/aromatic N) is 1. The molecular weight excluding hydrogens is 352 g/mol. The van der Waals surface area contributed by atoms with Gasteiger partial charge >= 0.3 is 5.97 Å². The van der Waals surface area contributed by atoms with Crippen molar-refractivity contribution in [2.24, 2.45) is 23.2 Å². The summed E-state index contributed by atoms with van der Waals surface area (Å²) in [6.07, 6.45) is 3.08. The lowest BCUT2D eigenvalue weighted by molar-refractivity contribution is -0.149. The van der Waals surface area contributed by atoms with Crippen molar-refractivity contribution < 1.29 is 19.1 Å². The number of nitrogens with one attached hydrogen (secondary N) is 1. The number of carbonyl (C=O) groups is 2. The Bertz CT molecular complexity index is 748. The molecule has 0 unspecified atom stereocenters. The van der Waals surface area contributed by atoms with Crippen LogP contribution in [0.4, 0.5) is 5.13 Å². The molecule has 2 heterocycles. The van der Waals surface area contributed by atoms with Crippen LogP contribution in [0.3, 0.4) is 0 Å². The molecule has 4 rings (SSSR count). The predicted octanol–water partition coefficient (Wildman–Crippen LogP) is 2.98. The molecule has 1 saturated carbocycles. The molecule has 2 fully saturated rings. The average Bonchev–Trinajstić information content (AvgIpc) is 3.08. The van der Waals surface area contributed by atoms with Crippen LogP contribution in [0.2, 0.25) is 0 Å². The van der Waals surface area contributed by atoms with Crippen molar-refractivity contribution >= 4 is 28.3 Å². The van der Waals surface area contributed by atoms with E-state index in [2.05, 4.69) is 19.2 Å². The van der Waals surface area contributed by atoms with E-state index >= 15 is 0 Å².